The fraction of sp³-hybridized carbons (Fsp3) is 0.160. The second kappa shape index (κ2) is 10.2. The number of anilines is 1. The van der Waals surface area contributed by atoms with Gasteiger partial charge in [-0.2, -0.15) is 0 Å². The van der Waals surface area contributed by atoms with E-state index in [0.29, 0.717) is 28.1 Å². The van der Waals surface area contributed by atoms with E-state index < -0.39 is 0 Å². The number of nitrogens with zero attached hydrogens (tertiary/aromatic N) is 1. The highest BCUT2D eigenvalue weighted by atomic mass is 127. The summed E-state index contributed by atoms with van der Waals surface area (Å²) in [5.74, 6) is 0.650. The van der Waals surface area contributed by atoms with Crippen LogP contribution in [0.3, 0.4) is 0 Å². The first-order valence-electron chi connectivity index (χ1n) is 10.4. The third-order valence-corrected chi connectivity index (χ3v) is 6.87. The van der Waals surface area contributed by atoms with E-state index in [2.05, 4.69) is 64.2 Å². The highest BCUT2D eigenvalue weighted by molar-refractivity contribution is 14.1. The van der Waals surface area contributed by atoms with Gasteiger partial charge in [-0.3, -0.25) is 10.1 Å². The van der Waals surface area contributed by atoms with Crippen molar-refractivity contribution in [2.45, 2.75) is 26.2 Å². The van der Waals surface area contributed by atoms with E-state index in [9.17, 15) is 4.79 Å². The number of aromatic nitrogens is 1. The fourth-order valence-corrected chi connectivity index (χ4v) is 4.33. The van der Waals surface area contributed by atoms with E-state index >= 15 is 0 Å². The molecule has 3 aromatic carbocycles. The van der Waals surface area contributed by atoms with Crippen molar-refractivity contribution < 1.29 is 9.21 Å². The topological polar surface area (TPSA) is 67.2 Å². The van der Waals surface area contributed by atoms with Gasteiger partial charge in [0.05, 0.1) is 16.3 Å². The minimum Gasteiger partial charge on any atom is -0.436 e. The zero-order valence-electron chi connectivity index (χ0n) is 18.0. The van der Waals surface area contributed by atoms with Gasteiger partial charge in [0.15, 0.2) is 10.7 Å². The van der Waals surface area contributed by atoms with Crippen molar-refractivity contribution >= 4 is 74.2 Å². The summed E-state index contributed by atoms with van der Waals surface area (Å²) in [5, 5.41) is 6.30. The van der Waals surface area contributed by atoms with E-state index in [1.165, 1.54) is 5.56 Å². The van der Waals surface area contributed by atoms with Crippen LogP contribution in [-0.2, 0) is 0 Å². The molecule has 0 aliphatic carbocycles. The van der Waals surface area contributed by atoms with Crippen LogP contribution < -0.4 is 10.6 Å². The molecule has 0 radical (unpaired) electrons. The number of thiocarbonyl (C=S) groups is 1. The van der Waals surface area contributed by atoms with E-state index in [-0.39, 0.29) is 11.0 Å². The maximum Gasteiger partial charge on any atom is 0.258 e. The lowest BCUT2D eigenvalue weighted by molar-refractivity contribution is 0.0977. The third kappa shape index (κ3) is 5.37. The molecule has 1 amide bonds. The largest absolute Gasteiger partial charge is 0.436 e. The minimum atomic E-state index is -0.291. The predicted octanol–water partition coefficient (Wildman–Crippen LogP) is 7.39. The summed E-state index contributed by atoms with van der Waals surface area (Å²) >= 11 is 13.8. The molecule has 0 saturated carbocycles. The Morgan fingerprint density at radius 3 is 2.73 bits per heavy atom. The number of benzene rings is 3. The van der Waals surface area contributed by atoms with Crippen LogP contribution in [0.4, 0.5) is 5.69 Å². The third-order valence-electron chi connectivity index (χ3n) is 5.40. The van der Waals surface area contributed by atoms with Gasteiger partial charge in [0.2, 0.25) is 5.89 Å². The van der Waals surface area contributed by atoms with Crippen LogP contribution in [0.15, 0.2) is 65.1 Å². The highest BCUT2D eigenvalue weighted by Crippen LogP contribution is 2.31. The molecule has 0 saturated heterocycles. The molecule has 33 heavy (non-hydrogen) atoms. The average molecular weight is 590 g/mol. The first-order valence-corrected chi connectivity index (χ1v) is 12.3. The number of hydrogen-bond acceptors (Lipinski definition) is 4. The Hall–Kier alpha value is -2.49. The summed E-state index contributed by atoms with van der Waals surface area (Å²) in [4.78, 5) is 17.2. The Balaban J connectivity index is 1.55. The summed E-state index contributed by atoms with van der Waals surface area (Å²) in [6.07, 6.45) is 1.06. The van der Waals surface area contributed by atoms with Crippen LogP contribution >= 0.6 is 46.4 Å². The van der Waals surface area contributed by atoms with E-state index in [0.717, 1.165) is 26.7 Å². The smallest absolute Gasteiger partial charge is 0.258 e. The number of halogens is 2. The maximum atomic E-state index is 12.5. The number of nitrogens with one attached hydrogen (secondary N) is 2. The Kier molecular flexibility index (Phi) is 7.31. The lowest BCUT2D eigenvalue weighted by atomic mass is 9.98. The molecule has 0 spiro atoms. The van der Waals surface area contributed by atoms with Crippen LogP contribution in [-0.4, -0.2) is 16.0 Å². The van der Waals surface area contributed by atoms with Gasteiger partial charge in [0, 0.05) is 9.13 Å². The normalized spacial score (nSPS) is 11.9. The lowest BCUT2D eigenvalue weighted by Crippen LogP contribution is -2.34. The summed E-state index contributed by atoms with van der Waals surface area (Å²) in [6, 6.07) is 18.8. The van der Waals surface area contributed by atoms with Crippen molar-refractivity contribution in [3.8, 4) is 11.5 Å². The minimum absolute atomic E-state index is 0.148. The second-order valence-electron chi connectivity index (χ2n) is 7.64. The molecule has 168 valence electrons. The van der Waals surface area contributed by atoms with Gasteiger partial charge in [0.1, 0.15) is 5.52 Å². The standard InChI is InChI=1S/C25H21ClIN3O2S/c1-3-14(2)15-9-11-22-21(12-15)28-24(32-22)16-8-10-18(26)20(13-16)29-25(33)30-23(31)17-6-4-5-7-19(17)27/h4-14H,3H2,1-2H3,(H2,29,30,31,33)/t14-/m1/s1. The molecule has 1 aromatic heterocycles. The number of carbonyl (C=O) groups excluding carboxylic acids is 1. The number of amides is 1. The van der Waals surface area contributed by atoms with E-state index in [1.807, 2.05) is 24.3 Å². The second-order valence-corrected chi connectivity index (χ2v) is 9.62. The molecule has 4 aromatic rings. The molecule has 0 bridgehead atoms. The summed E-state index contributed by atoms with van der Waals surface area (Å²) in [5.41, 5.74) is 4.61. The molecule has 0 unspecified atom stereocenters. The van der Waals surface area contributed by atoms with Crippen molar-refractivity contribution in [1.29, 1.82) is 0 Å². The molecular formula is C25H21ClIN3O2S. The van der Waals surface area contributed by atoms with Crippen LogP contribution in [0.2, 0.25) is 5.02 Å². The van der Waals surface area contributed by atoms with Crippen LogP contribution in [0.1, 0.15) is 42.1 Å². The Morgan fingerprint density at radius 1 is 1.18 bits per heavy atom. The molecule has 2 N–H and O–H groups in total. The van der Waals surface area contributed by atoms with Gasteiger partial charge in [-0.1, -0.05) is 43.6 Å². The zero-order valence-corrected chi connectivity index (χ0v) is 21.7. The van der Waals surface area contributed by atoms with Crippen LogP contribution in [0.25, 0.3) is 22.6 Å². The molecule has 5 nitrogen and oxygen atoms in total. The van der Waals surface area contributed by atoms with Gasteiger partial charge < -0.3 is 9.73 Å². The van der Waals surface area contributed by atoms with Crippen molar-refractivity contribution in [1.82, 2.24) is 10.3 Å². The summed E-state index contributed by atoms with van der Waals surface area (Å²) in [6.45, 7) is 4.36. The van der Waals surface area contributed by atoms with Crippen LogP contribution in [0, 0.1) is 3.57 Å². The zero-order chi connectivity index (χ0) is 23.5. The van der Waals surface area contributed by atoms with Crippen LogP contribution in [0.5, 0.6) is 0 Å². The molecule has 0 aliphatic heterocycles. The van der Waals surface area contributed by atoms with Crippen molar-refractivity contribution in [3.63, 3.8) is 0 Å². The quantitative estimate of drug-likeness (QED) is 0.188. The molecule has 0 aliphatic rings. The summed E-state index contributed by atoms with van der Waals surface area (Å²) in [7, 11) is 0. The lowest BCUT2D eigenvalue weighted by Gasteiger charge is -2.12. The Morgan fingerprint density at radius 2 is 1.97 bits per heavy atom. The Bertz CT molecular complexity index is 1350. The highest BCUT2D eigenvalue weighted by Gasteiger charge is 2.15. The first kappa shape index (κ1) is 23.7. The monoisotopic (exact) mass is 589 g/mol. The molecule has 1 atom stereocenters. The van der Waals surface area contributed by atoms with Crippen molar-refractivity contribution in [2.24, 2.45) is 0 Å². The van der Waals surface area contributed by atoms with Crippen molar-refractivity contribution in [3.05, 3.63) is 80.4 Å². The summed E-state index contributed by atoms with van der Waals surface area (Å²) < 4.78 is 6.81. The molecule has 8 heteroatoms. The predicted molar refractivity (Wildman–Crippen MR) is 146 cm³/mol. The van der Waals surface area contributed by atoms with E-state index in [1.54, 1.807) is 24.3 Å². The fourth-order valence-electron chi connectivity index (χ4n) is 3.33. The number of rotatable bonds is 5. The van der Waals surface area contributed by atoms with E-state index in [4.69, 9.17) is 28.2 Å². The van der Waals surface area contributed by atoms with Gasteiger partial charge in [-0.25, -0.2) is 4.98 Å². The SMILES string of the molecule is CC[C@@H](C)c1ccc2oc(-c3ccc(Cl)c(NC(=S)NC(=O)c4ccccc4I)c3)nc2c1. The van der Waals surface area contributed by atoms with Gasteiger partial charge in [-0.15, -0.1) is 0 Å². The van der Waals surface area contributed by atoms with Gasteiger partial charge in [0.25, 0.3) is 5.91 Å². The molecular weight excluding hydrogens is 569 g/mol. The van der Waals surface area contributed by atoms with Gasteiger partial charge in [-0.05, 0) is 95.2 Å². The van der Waals surface area contributed by atoms with Crippen molar-refractivity contribution in [2.75, 3.05) is 5.32 Å². The number of hydrogen-bond donors (Lipinski definition) is 2. The molecule has 0 fully saturated rings. The molecule has 1 heterocycles. The Labute approximate surface area is 216 Å². The first-order chi connectivity index (χ1) is 15.9. The average Bonchev–Trinajstić information content (AvgIpc) is 3.23. The molecule has 4 rings (SSSR count). The maximum absolute atomic E-state index is 12.5. The number of fused-ring (bicyclic) bond motifs is 1. The number of carbonyl (C=O) groups is 1. The van der Waals surface area contributed by atoms with Gasteiger partial charge >= 0.3 is 0 Å². The number of oxazole rings is 1.